The van der Waals surface area contributed by atoms with E-state index in [0.29, 0.717) is 13.1 Å². The molecule has 112 valence electrons. The molecular formula is C17H20F2N2. The average molecular weight is 290 g/mol. The summed E-state index contributed by atoms with van der Waals surface area (Å²) < 4.78 is 27.5. The van der Waals surface area contributed by atoms with Gasteiger partial charge in [0.2, 0.25) is 0 Å². The zero-order chi connectivity index (χ0) is 14.8. The molecule has 4 heteroatoms. The van der Waals surface area contributed by atoms with Crippen molar-refractivity contribution < 1.29 is 8.78 Å². The van der Waals surface area contributed by atoms with E-state index >= 15 is 0 Å². The SMILES string of the molecule is Cc1ccc([C@@H](C(F)F)N2CCNCC2)c2ccccc12. The van der Waals surface area contributed by atoms with Crippen LogP contribution in [0.2, 0.25) is 0 Å². The molecule has 2 nitrogen and oxygen atoms in total. The van der Waals surface area contributed by atoms with Crippen molar-refractivity contribution >= 4 is 10.8 Å². The van der Waals surface area contributed by atoms with Gasteiger partial charge >= 0.3 is 0 Å². The molecule has 0 bridgehead atoms. The molecule has 1 atom stereocenters. The van der Waals surface area contributed by atoms with E-state index in [-0.39, 0.29) is 0 Å². The molecule has 2 aromatic carbocycles. The third-order valence-corrected chi connectivity index (χ3v) is 4.28. The molecule has 0 aliphatic carbocycles. The van der Waals surface area contributed by atoms with Gasteiger partial charge in [-0.05, 0) is 28.8 Å². The van der Waals surface area contributed by atoms with Crippen LogP contribution >= 0.6 is 0 Å². The summed E-state index contributed by atoms with van der Waals surface area (Å²) in [6, 6.07) is 10.8. The smallest absolute Gasteiger partial charge is 0.258 e. The van der Waals surface area contributed by atoms with E-state index in [9.17, 15) is 8.78 Å². The van der Waals surface area contributed by atoms with Crippen LogP contribution in [0.4, 0.5) is 8.78 Å². The Kier molecular flexibility index (Phi) is 4.17. The fraction of sp³-hybridized carbons (Fsp3) is 0.412. The van der Waals surface area contributed by atoms with E-state index in [0.717, 1.165) is 35.0 Å². The minimum atomic E-state index is -2.38. The largest absolute Gasteiger partial charge is 0.314 e. The van der Waals surface area contributed by atoms with Crippen LogP contribution in [0.15, 0.2) is 36.4 Å². The Hall–Kier alpha value is -1.52. The standard InChI is InChI=1S/C17H20F2N2/c1-12-6-7-15(14-5-3-2-4-13(12)14)16(17(18)19)21-10-8-20-9-11-21/h2-7,16-17,20H,8-11H2,1H3/t16-/m0/s1. The van der Waals surface area contributed by atoms with Crippen LogP contribution < -0.4 is 5.32 Å². The first-order chi connectivity index (χ1) is 10.2. The Morgan fingerprint density at radius 1 is 1.00 bits per heavy atom. The van der Waals surface area contributed by atoms with Crippen molar-refractivity contribution in [2.75, 3.05) is 26.2 Å². The summed E-state index contributed by atoms with van der Waals surface area (Å²) in [6.07, 6.45) is -2.38. The predicted octanol–water partition coefficient (Wildman–Crippen LogP) is 3.36. The van der Waals surface area contributed by atoms with E-state index in [1.807, 2.05) is 48.2 Å². The first-order valence-electron chi connectivity index (χ1n) is 7.39. The van der Waals surface area contributed by atoms with Gasteiger partial charge < -0.3 is 5.32 Å². The van der Waals surface area contributed by atoms with Crippen LogP contribution in [0.5, 0.6) is 0 Å². The van der Waals surface area contributed by atoms with Gasteiger partial charge in [0.25, 0.3) is 6.43 Å². The van der Waals surface area contributed by atoms with Crippen LogP contribution in [0, 0.1) is 6.92 Å². The highest BCUT2D eigenvalue weighted by Crippen LogP contribution is 2.34. The summed E-state index contributed by atoms with van der Waals surface area (Å²) in [7, 11) is 0. The van der Waals surface area contributed by atoms with Crippen LogP contribution in [-0.4, -0.2) is 37.5 Å². The number of hydrogen-bond acceptors (Lipinski definition) is 2. The minimum Gasteiger partial charge on any atom is -0.314 e. The normalized spacial score (nSPS) is 18.3. The maximum atomic E-state index is 13.7. The number of benzene rings is 2. The molecular weight excluding hydrogens is 270 g/mol. The number of nitrogens with zero attached hydrogens (tertiary/aromatic N) is 1. The van der Waals surface area contributed by atoms with E-state index in [1.165, 1.54) is 0 Å². The first kappa shape index (κ1) is 14.4. The summed E-state index contributed by atoms with van der Waals surface area (Å²) in [5.74, 6) is 0. The van der Waals surface area contributed by atoms with Gasteiger partial charge in [-0.3, -0.25) is 4.90 Å². The minimum absolute atomic E-state index is 0.664. The molecule has 1 aliphatic rings. The van der Waals surface area contributed by atoms with Crippen molar-refractivity contribution in [2.45, 2.75) is 19.4 Å². The number of piperazine rings is 1. The molecule has 1 fully saturated rings. The van der Waals surface area contributed by atoms with Gasteiger partial charge in [0.15, 0.2) is 0 Å². The molecule has 0 unspecified atom stereocenters. The van der Waals surface area contributed by atoms with Crippen LogP contribution in [0.1, 0.15) is 17.2 Å². The van der Waals surface area contributed by atoms with Crippen molar-refractivity contribution in [3.8, 4) is 0 Å². The van der Waals surface area contributed by atoms with Crippen LogP contribution in [-0.2, 0) is 0 Å². The summed E-state index contributed by atoms with van der Waals surface area (Å²) >= 11 is 0. The Balaban J connectivity index is 2.09. The van der Waals surface area contributed by atoms with Gasteiger partial charge in [-0.2, -0.15) is 0 Å². The summed E-state index contributed by atoms with van der Waals surface area (Å²) in [5, 5.41) is 5.23. The van der Waals surface area contributed by atoms with E-state index < -0.39 is 12.5 Å². The summed E-state index contributed by atoms with van der Waals surface area (Å²) in [4.78, 5) is 1.90. The van der Waals surface area contributed by atoms with Gasteiger partial charge in [0, 0.05) is 26.2 Å². The Bertz CT molecular complexity index is 621. The highest BCUT2D eigenvalue weighted by molar-refractivity contribution is 5.89. The Labute approximate surface area is 123 Å². The summed E-state index contributed by atoms with van der Waals surface area (Å²) in [6.45, 7) is 4.89. The Morgan fingerprint density at radius 2 is 1.67 bits per heavy atom. The third kappa shape index (κ3) is 2.78. The number of alkyl halides is 2. The maximum absolute atomic E-state index is 13.7. The first-order valence-corrected chi connectivity index (χ1v) is 7.39. The highest BCUT2D eigenvalue weighted by atomic mass is 19.3. The fourth-order valence-corrected chi connectivity index (χ4v) is 3.18. The maximum Gasteiger partial charge on any atom is 0.258 e. The lowest BCUT2D eigenvalue weighted by Crippen LogP contribution is -2.46. The second-order valence-corrected chi connectivity index (χ2v) is 5.58. The van der Waals surface area contributed by atoms with E-state index in [2.05, 4.69) is 5.32 Å². The number of aryl methyl sites for hydroxylation is 1. The number of fused-ring (bicyclic) bond motifs is 1. The zero-order valence-electron chi connectivity index (χ0n) is 12.2. The van der Waals surface area contributed by atoms with Gasteiger partial charge in [0.05, 0.1) is 6.04 Å². The van der Waals surface area contributed by atoms with Crippen molar-refractivity contribution in [1.29, 1.82) is 0 Å². The lowest BCUT2D eigenvalue weighted by Gasteiger charge is -2.35. The van der Waals surface area contributed by atoms with Crippen molar-refractivity contribution in [3.63, 3.8) is 0 Å². The van der Waals surface area contributed by atoms with Crippen molar-refractivity contribution in [2.24, 2.45) is 0 Å². The molecule has 1 saturated heterocycles. The lowest BCUT2D eigenvalue weighted by molar-refractivity contribution is 0.0189. The quantitative estimate of drug-likeness (QED) is 0.932. The van der Waals surface area contributed by atoms with E-state index in [4.69, 9.17) is 0 Å². The van der Waals surface area contributed by atoms with Gasteiger partial charge in [-0.1, -0.05) is 36.4 Å². The topological polar surface area (TPSA) is 15.3 Å². The summed E-state index contributed by atoms with van der Waals surface area (Å²) in [5.41, 5.74) is 1.87. The fourth-order valence-electron chi connectivity index (χ4n) is 3.18. The monoisotopic (exact) mass is 290 g/mol. The highest BCUT2D eigenvalue weighted by Gasteiger charge is 2.31. The molecule has 3 rings (SSSR count). The molecule has 0 radical (unpaired) electrons. The van der Waals surface area contributed by atoms with Crippen LogP contribution in [0.25, 0.3) is 10.8 Å². The van der Waals surface area contributed by atoms with E-state index in [1.54, 1.807) is 0 Å². The second kappa shape index (κ2) is 6.08. The predicted molar refractivity (Wildman–Crippen MR) is 81.9 cm³/mol. The Morgan fingerprint density at radius 3 is 2.33 bits per heavy atom. The molecule has 21 heavy (non-hydrogen) atoms. The number of rotatable bonds is 3. The van der Waals surface area contributed by atoms with Gasteiger partial charge in [-0.25, -0.2) is 8.78 Å². The lowest BCUT2D eigenvalue weighted by atomic mass is 9.95. The van der Waals surface area contributed by atoms with Crippen molar-refractivity contribution in [1.82, 2.24) is 10.2 Å². The number of hydrogen-bond donors (Lipinski definition) is 1. The van der Waals surface area contributed by atoms with Gasteiger partial charge in [0.1, 0.15) is 0 Å². The molecule has 0 amide bonds. The van der Waals surface area contributed by atoms with Crippen molar-refractivity contribution in [3.05, 3.63) is 47.5 Å². The molecule has 0 spiro atoms. The number of halogens is 2. The average Bonchev–Trinajstić information content (AvgIpc) is 2.51. The number of nitrogens with one attached hydrogen (secondary N) is 1. The molecule has 0 saturated carbocycles. The third-order valence-electron chi connectivity index (χ3n) is 4.28. The second-order valence-electron chi connectivity index (χ2n) is 5.58. The molecule has 1 aliphatic heterocycles. The van der Waals surface area contributed by atoms with Crippen LogP contribution in [0.3, 0.4) is 0 Å². The molecule has 1 N–H and O–H groups in total. The zero-order valence-corrected chi connectivity index (χ0v) is 12.2. The van der Waals surface area contributed by atoms with Gasteiger partial charge in [-0.15, -0.1) is 0 Å². The molecule has 2 aromatic rings. The molecule has 0 aromatic heterocycles. The molecule has 1 heterocycles.